The van der Waals surface area contributed by atoms with E-state index in [1.54, 1.807) is 6.20 Å². The third-order valence-corrected chi connectivity index (χ3v) is 3.44. The van der Waals surface area contributed by atoms with Gasteiger partial charge in [0.2, 0.25) is 0 Å². The Morgan fingerprint density at radius 1 is 1.11 bits per heavy atom. The molecular weight excluding hydrogens is 246 g/mol. The lowest BCUT2D eigenvalue weighted by molar-refractivity contribution is 0.261. The predicted octanol–water partition coefficient (Wildman–Crippen LogP) is 2.74. The number of para-hydroxylation sites is 2. The van der Waals surface area contributed by atoms with E-state index in [4.69, 9.17) is 0 Å². The van der Waals surface area contributed by atoms with Gasteiger partial charge in [0.15, 0.2) is 5.44 Å². The summed E-state index contributed by atoms with van der Waals surface area (Å²) in [5.74, 6) is 0.548. The van der Waals surface area contributed by atoms with Gasteiger partial charge >= 0.3 is 0 Å². The van der Waals surface area contributed by atoms with Crippen molar-refractivity contribution in [3.05, 3.63) is 54.5 Å². The highest BCUT2D eigenvalue weighted by Gasteiger charge is 2.14. The Hall–Kier alpha value is -1.85. The minimum absolute atomic E-state index is 0.548. The molecule has 2 heterocycles. The van der Waals surface area contributed by atoms with Gasteiger partial charge in [-0.25, -0.2) is 9.97 Å². The standard InChI is InChI=1S/C13H11N3OS/c17-13(18-11-7-3-4-8-14-11)12-15-9-5-1-2-6-10(9)16-12/h1-8,13,17H,(H,15,16). The molecule has 0 saturated carbocycles. The summed E-state index contributed by atoms with van der Waals surface area (Å²) in [7, 11) is 0. The van der Waals surface area contributed by atoms with E-state index in [0.29, 0.717) is 5.82 Å². The molecule has 3 rings (SSSR count). The minimum Gasteiger partial charge on any atom is -0.374 e. The third-order valence-electron chi connectivity index (χ3n) is 2.51. The number of aliphatic hydroxyl groups excluding tert-OH is 1. The fraction of sp³-hybridized carbons (Fsp3) is 0.0769. The van der Waals surface area contributed by atoms with Gasteiger partial charge < -0.3 is 10.1 Å². The van der Waals surface area contributed by atoms with Crippen LogP contribution in [-0.4, -0.2) is 20.1 Å². The summed E-state index contributed by atoms with van der Waals surface area (Å²) in [5.41, 5.74) is 1.04. The molecule has 0 aliphatic heterocycles. The van der Waals surface area contributed by atoms with Crippen molar-refractivity contribution < 1.29 is 5.11 Å². The molecular formula is C13H11N3OS. The molecule has 1 aromatic carbocycles. The van der Waals surface area contributed by atoms with Crippen LogP contribution in [0.1, 0.15) is 11.3 Å². The number of hydrogen-bond donors (Lipinski definition) is 2. The van der Waals surface area contributed by atoms with Crippen molar-refractivity contribution in [3.8, 4) is 0 Å². The molecule has 2 N–H and O–H groups in total. The maximum atomic E-state index is 10.1. The number of aromatic nitrogens is 3. The Balaban J connectivity index is 1.86. The number of H-pyrrole nitrogens is 1. The summed E-state index contributed by atoms with van der Waals surface area (Å²) in [6.07, 6.45) is 1.70. The monoisotopic (exact) mass is 257 g/mol. The van der Waals surface area contributed by atoms with Crippen molar-refractivity contribution in [3.63, 3.8) is 0 Å². The number of benzene rings is 1. The topological polar surface area (TPSA) is 61.8 Å². The van der Waals surface area contributed by atoms with Crippen LogP contribution in [0.25, 0.3) is 11.0 Å². The molecule has 90 valence electrons. The molecule has 1 atom stereocenters. The minimum atomic E-state index is -0.743. The van der Waals surface area contributed by atoms with Gasteiger partial charge in [0.25, 0.3) is 0 Å². The number of imidazole rings is 1. The SMILES string of the molecule is OC(Sc1ccccn1)c1nc2ccccc2[nH]1. The first-order valence-corrected chi connectivity index (χ1v) is 6.41. The van der Waals surface area contributed by atoms with Gasteiger partial charge in [-0.3, -0.25) is 0 Å². The molecule has 0 aliphatic rings. The van der Waals surface area contributed by atoms with Crippen molar-refractivity contribution >= 4 is 22.8 Å². The van der Waals surface area contributed by atoms with Gasteiger partial charge in [-0.1, -0.05) is 30.0 Å². The molecule has 0 bridgehead atoms. The first kappa shape index (κ1) is 11.3. The van der Waals surface area contributed by atoms with Crippen LogP contribution in [0.15, 0.2) is 53.7 Å². The lowest BCUT2D eigenvalue weighted by Crippen LogP contribution is -1.95. The molecule has 1 unspecified atom stereocenters. The van der Waals surface area contributed by atoms with Crippen LogP contribution < -0.4 is 0 Å². The number of aliphatic hydroxyl groups is 1. The van der Waals surface area contributed by atoms with E-state index in [1.165, 1.54) is 11.8 Å². The maximum absolute atomic E-state index is 10.1. The van der Waals surface area contributed by atoms with Crippen LogP contribution >= 0.6 is 11.8 Å². The number of pyridine rings is 1. The third kappa shape index (κ3) is 2.23. The zero-order chi connectivity index (χ0) is 12.4. The first-order chi connectivity index (χ1) is 8.83. The van der Waals surface area contributed by atoms with Gasteiger partial charge in [-0.2, -0.15) is 0 Å². The van der Waals surface area contributed by atoms with Crippen molar-refractivity contribution in [1.29, 1.82) is 0 Å². The molecule has 0 saturated heterocycles. The van der Waals surface area contributed by atoms with Gasteiger partial charge in [-0.05, 0) is 24.3 Å². The number of nitrogens with one attached hydrogen (secondary N) is 1. The second-order valence-corrected chi connectivity index (χ2v) is 4.88. The molecule has 0 radical (unpaired) electrons. The molecule has 18 heavy (non-hydrogen) atoms. The van der Waals surface area contributed by atoms with Gasteiger partial charge in [0, 0.05) is 6.20 Å². The highest BCUT2D eigenvalue weighted by Crippen LogP contribution is 2.30. The van der Waals surface area contributed by atoms with E-state index in [9.17, 15) is 5.11 Å². The summed E-state index contributed by atoms with van der Waals surface area (Å²) < 4.78 is 0. The highest BCUT2D eigenvalue weighted by atomic mass is 32.2. The van der Waals surface area contributed by atoms with Crippen LogP contribution in [0.3, 0.4) is 0 Å². The Bertz CT molecular complexity index is 620. The maximum Gasteiger partial charge on any atom is 0.163 e. The molecule has 0 fully saturated rings. The van der Waals surface area contributed by atoms with Crippen molar-refractivity contribution in [2.24, 2.45) is 0 Å². The van der Waals surface area contributed by atoms with E-state index in [1.807, 2.05) is 42.5 Å². The second kappa shape index (κ2) is 4.80. The normalized spacial score (nSPS) is 12.7. The van der Waals surface area contributed by atoms with Crippen molar-refractivity contribution in [2.45, 2.75) is 10.5 Å². The molecule has 3 aromatic rings. The molecule has 0 amide bonds. The zero-order valence-electron chi connectivity index (χ0n) is 9.45. The zero-order valence-corrected chi connectivity index (χ0v) is 10.3. The number of nitrogens with zero attached hydrogens (tertiary/aromatic N) is 2. The summed E-state index contributed by atoms with van der Waals surface area (Å²) in [4.78, 5) is 11.6. The largest absolute Gasteiger partial charge is 0.374 e. The quantitative estimate of drug-likeness (QED) is 0.559. The lowest BCUT2D eigenvalue weighted by Gasteiger charge is -2.05. The molecule has 2 aromatic heterocycles. The van der Waals surface area contributed by atoms with Crippen LogP contribution in [0.2, 0.25) is 0 Å². The molecule has 0 spiro atoms. The van der Waals surface area contributed by atoms with Crippen LogP contribution in [0.5, 0.6) is 0 Å². The number of rotatable bonds is 3. The van der Waals surface area contributed by atoms with Gasteiger partial charge in [-0.15, -0.1) is 0 Å². The molecule has 5 heteroatoms. The fourth-order valence-electron chi connectivity index (χ4n) is 1.68. The van der Waals surface area contributed by atoms with E-state index in [2.05, 4.69) is 15.0 Å². The van der Waals surface area contributed by atoms with Gasteiger partial charge in [0.05, 0.1) is 16.1 Å². The number of thioether (sulfide) groups is 1. The summed E-state index contributed by atoms with van der Waals surface area (Å²) >= 11 is 1.26. The fourth-order valence-corrected chi connectivity index (χ4v) is 2.41. The average molecular weight is 257 g/mol. The average Bonchev–Trinajstić information content (AvgIpc) is 2.84. The second-order valence-electron chi connectivity index (χ2n) is 3.78. The number of fused-ring (bicyclic) bond motifs is 1. The summed E-state index contributed by atoms with van der Waals surface area (Å²) in [6.45, 7) is 0. The van der Waals surface area contributed by atoms with E-state index in [-0.39, 0.29) is 0 Å². The Labute approximate surface area is 108 Å². The smallest absolute Gasteiger partial charge is 0.163 e. The Morgan fingerprint density at radius 2 is 1.94 bits per heavy atom. The van der Waals surface area contributed by atoms with E-state index >= 15 is 0 Å². The van der Waals surface area contributed by atoms with Crippen LogP contribution in [0, 0.1) is 0 Å². The number of aromatic amines is 1. The van der Waals surface area contributed by atoms with Crippen molar-refractivity contribution in [2.75, 3.05) is 0 Å². The van der Waals surface area contributed by atoms with Crippen molar-refractivity contribution in [1.82, 2.24) is 15.0 Å². The number of hydrogen-bond acceptors (Lipinski definition) is 4. The van der Waals surface area contributed by atoms with Crippen LogP contribution in [0.4, 0.5) is 0 Å². The predicted molar refractivity (Wildman–Crippen MR) is 71.1 cm³/mol. The summed E-state index contributed by atoms with van der Waals surface area (Å²) in [6, 6.07) is 13.3. The highest BCUT2D eigenvalue weighted by molar-refractivity contribution is 7.99. The lowest BCUT2D eigenvalue weighted by atomic mass is 10.3. The van der Waals surface area contributed by atoms with Gasteiger partial charge in [0.1, 0.15) is 5.82 Å². The first-order valence-electron chi connectivity index (χ1n) is 5.53. The van der Waals surface area contributed by atoms with E-state index < -0.39 is 5.44 Å². The van der Waals surface area contributed by atoms with Crippen LogP contribution in [-0.2, 0) is 0 Å². The molecule has 0 aliphatic carbocycles. The Morgan fingerprint density at radius 3 is 2.72 bits per heavy atom. The Kier molecular flexibility index (Phi) is 3.00. The molecule has 4 nitrogen and oxygen atoms in total. The van der Waals surface area contributed by atoms with E-state index in [0.717, 1.165) is 16.1 Å². The summed E-state index contributed by atoms with van der Waals surface area (Å²) in [5, 5.41) is 10.9.